The molecule has 0 radical (unpaired) electrons. The summed E-state index contributed by atoms with van der Waals surface area (Å²) in [6, 6.07) is 15.7. The molecule has 0 bridgehead atoms. The highest BCUT2D eigenvalue weighted by molar-refractivity contribution is 5.85. The quantitative estimate of drug-likeness (QED) is 0.390. The maximum Gasteiger partial charge on any atom is 0.0367 e. The van der Waals surface area contributed by atoms with Crippen LogP contribution in [0.2, 0.25) is 0 Å². The molecule has 2 aromatic carbocycles. The number of hydrogen-bond donors (Lipinski definition) is 0. The first-order valence-corrected chi connectivity index (χ1v) is 12.1. The van der Waals surface area contributed by atoms with Crippen LogP contribution in [-0.4, -0.2) is 38.1 Å². The highest BCUT2D eigenvalue weighted by Crippen LogP contribution is 2.31. The summed E-state index contributed by atoms with van der Waals surface area (Å²) in [6.07, 6.45) is 7.48. The van der Waals surface area contributed by atoms with E-state index in [1.165, 1.54) is 33.5 Å². The number of hydrogen-bond acceptors (Lipinski definition) is 2. The first-order chi connectivity index (χ1) is 15.4. The molecular weight excluding hydrogens is 388 g/mol. The van der Waals surface area contributed by atoms with Gasteiger partial charge in [0.1, 0.15) is 0 Å². The van der Waals surface area contributed by atoms with E-state index in [2.05, 4.69) is 99.3 Å². The third-order valence-corrected chi connectivity index (χ3v) is 6.36. The minimum atomic E-state index is 0.584. The molecule has 1 aliphatic heterocycles. The van der Waals surface area contributed by atoms with Gasteiger partial charge < -0.3 is 9.80 Å². The SMILES string of the molecule is C=Cc1cccc(C(=C)/C=C(\CC(C)C)c2ccc(N3CCN(C)CC3)cc2)c1CCC. The molecule has 0 aliphatic carbocycles. The van der Waals surface area contributed by atoms with Gasteiger partial charge in [-0.15, -0.1) is 0 Å². The summed E-state index contributed by atoms with van der Waals surface area (Å²) < 4.78 is 0. The van der Waals surface area contributed by atoms with Crippen LogP contribution in [0.3, 0.4) is 0 Å². The third-order valence-electron chi connectivity index (χ3n) is 6.36. The lowest BCUT2D eigenvalue weighted by Crippen LogP contribution is -2.44. The summed E-state index contributed by atoms with van der Waals surface area (Å²) in [7, 11) is 2.20. The van der Waals surface area contributed by atoms with Crippen molar-refractivity contribution >= 4 is 22.9 Å². The molecule has 1 fully saturated rings. The van der Waals surface area contributed by atoms with Gasteiger partial charge in [-0.3, -0.25) is 0 Å². The lowest BCUT2D eigenvalue weighted by Gasteiger charge is -2.34. The van der Waals surface area contributed by atoms with Crippen molar-refractivity contribution in [3.05, 3.63) is 84.0 Å². The first-order valence-electron chi connectivity index (χ1n) is 12.1. The van der Waals surface area contributed by atoms with Crippen LogP contribution in [0.1, 0.15) is 55.9 Å². The molecule has 0 amide bonds. The fourth-order valence-corrected chi connectivity index (χ4v) is 4.56. The van der Waals surface area contributed by atoms with Crippen LogP contribution in [-0.2, 0) is 6.42 Å². The molecule has 3 rings (SSSR count). The van der Waals surface area contributed by atoms with Crippen LogP contribution in [0.15, 0.2) is 61.7 Å². The topological polar surface area (TPSA) is 6.48 Å². The van der Waals surface area contributed by atoms with Gasteiger partial charge in [0.05, 0.1) is 0 Å². The molecule has 1 heterocycles. The molecule has 0 atom stereocenters. The van der Waals surface area contributed by atoms with Gasteiger partial charge >= 0.3 is 0 Å². The third kappa shape index (κ3) is 6.01. The smallest absolute Gasteiger partial charge is 0.0367 e. The molecule has 32 heavy (non-hydrogen) atoms. The van der Waals surface area contributed by atoms with Crippen LogP contribution >= 0.6 is 0 Å². The van der Waals surface area contributed by atoms with Crippen molar-refractivity contribution in [3.8, 4) is 0 Å². The van der Waals surface area contributed by atoms with Gasteiger partial charge in [0.2, 0.25) is 0 Å². The molecule has 2 nitrogen and oxygen atoms in total. The second-order valence-electron chi connectivity index (χ2n) is 9.46. The Kier molecular flexibility index (Phi) is 8.53. The maximum absolute atomic E-state index is 4.49. The fraction of sp³-hybridized carbons (Fsp3) is 0.400. The Morgan fingerprint density at radius 2 is 1.72 bits per heavy atom. The van der Waals surface area contributed by atoms with Crippen molar-refractivity contribution in [2.75, 3.05) is 38.1 Å². The van der Waals surface area contributed by atoms with E-state index in [9.17, 15) is 0 Å². The van der Waals surface area contributed by atoms with Crippen molar-refractivity contribution < 1.29 is 0 Å². The van der Waals surface area contributed by atoms with Crippen molar-refractivity contribution in [3.63, 3.8) is 0 Å². The van der Waals surface area contributed by atoms with E-state index in [-0.39, 0.29) is 0 Å². The van der Waals surface area contributed by atoms with Crippen LogP contribution in [0, 0.1) is 5.92 Å². The van der Waals surface area contributed by atoms with Crippen molar-refractivity contribution in [1.29, 1.82) is 0 Å². The van der Waals surface area contributed by atoms with E-state index >= 15 is 0 Å². The van der Waals surface area contributed by atoms with E-state index in [0.717, 1.165) is 51.0 Å². The number of rotatable bonds is 9. The molecule has 170 valence electrons. The van der Waals surface area contributed by atoms with Crippen molar-refractivity contribution in [1.82, 2.24) is 4.90 Å². The summed E-state index contributed by atoms with van der Waals surface area (Å²) >= 11 is 0. The average Bonchev–Trinajstić information content (AvgIpc) is 2.79. The molecule has 0 unspecified atom stereocenters. The fourth-order valence-electron chi connectivity index (χ4n) is 4.56. The standard InChI is InChI=1S/C30H40N2/c1-7-10-30-25(8-2)11-9-12-29(30)24(5)22-27(21-23(3)4)26-13-15-28(16-14-26)32-19-17-31(6)18-20-32/h8-9,11-16,22-23H,2,5,7,10,17-21H2,1,3-4,6H3/b27-22+. The Balaban J connectivity index is 1.90. The molecule has 1 aliphatic rings. The number of allylic oxidation sites excluding steroid dienone is 3. The zero-order valence-electron chi connectivity index (χ0n) is 20.5. The monoisotopic (exact) mass is 428 g/mol. The maximum atomic E-state index is 4.49. The molecule has 0 spiro atoms. The van der Waals surface area contributed by atoms with E-state index < -0.39 is 0 Å². The Morgan fingerprint density at radius 1 is 1.03 bits per heavy atom. The van der Waals surface area contributed by atoms with Gasteiger partial charge in [0.15, 0.2) is 0 Å². The molecule has 0 N–H and O–H groups in total. The Bertz CT molecular complexity index is 941. The molecule has 0 saturated carbocycles. The largest absolute Gasteiger partial charge is 0.369 e. The Hall–Kier alpha value is -2.58. The van der Waals surface area contributed by atoms with Gasteiger partial charge in [-0.05, 0) is 71.3 Å². The zero-order chi connectivity index (χ0) is 23.1. The van der Waals surface area contributed by atoms with E-state index in [0.29, 0.717) is 5.92 Å². The summed E-state index contributed by atoms with van der Waals surface area (Å²) in [5.74, 6) is 0.584. The van der Waals surface area contributed by atoms with Crippen LogP contribution in [0.25, 0.3) is 17.2 Å². The molecule has 1 saturated heterocycles. The van der Waals surface area contributed by atoms with Gasteiger partial charge in [-0.25, -0.2) is 0 Å². The predicted octanol–water partition coefficient (Wildman–Crippen LogP) is 7.18. The van der Waals surface area contributed by atoms with Crippen LogP contribution in [0.5, 0.6) is 0 Å². The molecule has 2 heteroatoms. The number of likely N-dealkylation sites (N-methyl/N-ethyl adjacent to an activating group) is 1. The first kappa shape index (κ1) is 24.1. The summed E-state index contributed by atoms with van der Waals surface area (Å²) in [5, 5.41) is 0. The Morgan fingerprint density at radius 3 is 2.31 bits per heavy atom. The van der Waals surface area contributed by atoms with Gasteiger partial charge in [0.25, 0.3) is 0 Å². The van der Waals surface area contributed by atoms with Gasteiger partial charge in [-0.1, -0.05) is 82.8 Å². The number of nitrogens with zero attached hydrogens (tertiary/aromatic N) is 2. The molecular formula is C30H40N2. The summed E-state index contributed by atoms with van der Waals surface area (Å²) in [6.45, 7) is 19.8. The van der Waals surface area contributed by atoms with E-state index in [1.54, 1.807) is 0 Å². The lowest BCUT2D eigenvalue weighted by atomic mass is 9.89. The molecule has 0 aromatic heterocycles. The summed E-state index contributed by atoms with van der Waals surface area (Å²) in [5.41, 5.74) is 8.92. The summed E-state index contributed by atoms with van der Waals surface area (Å²) in [4.78, 5) is 4.89. The van der Waals surface area contributed by atoms with E-state index in [4.69, 9.17) is 0 Å². The highest BCUT2D eigenvalue weighted by Gasteiger charge is 2.15. The second-order valence-corrected chi connectivity index (χ2v) is 9.46. The Labute approximate surface area is 196 Å². The molecule has 2 aromatic rings. The highest BCUT2D eigenvalue weighted by atomic mass is 15.2. The minimum absolute atomic E-state index is 0.584. The lowest BCUT2D eigenvalue weighted by molar-refractivity contribution is 0.313. The van der Waals surface area contributed by atoms with Crippen molar-refractivity contribution in [2.45, 2.75) is 40.0 Å². The second kappa shape index (κ2) is 11.3. The van der Waals surface area contributed by atoms with Gasteiger partial charge in [-0.2, -0.15) is 0 Å². The van der Waals surface area contributed by atoms with E-state index in [1.807, 2.05) is 6.08 Å². The average molecular weight is 429 g/mol. The number of benzene rings is 2. The predicted molar refractivity (Wildman–Crippen MR) is 143 cm³/mol. The van der Waals surface area contributed by atoms with Crippen LogP contribution in [0.4, 0.5) is 5.69 Å². The minimum Gasteiger partial charge on any atom is -0.369 e. The number of piperazine rings is 1. The number of anilines is 1. The van der Waals surface area contributed by atoms with Crippen LogP contribution < -0.4 is 4.90 Å². The van der Waals surface area contributed by atoms with Gasteiger partial charge in [0, 0.05) is 31.9 Å². The zero-order valence-corrected chi connectivity index (χ0v) is 20.5. The normalized spacial score (nSPS) is 15.3. The van der Waals surface area contributed by atoms with Crippen molar-refractivity contribution in [2.24, 2.45) is 5.92 Å².